The van der Waals surface area contributed by atoms with E-state index in [0.717, 1.165) is 32.5 Å². The Morgan fingerprint density at radius 2 is 1.94 bits per heavy atom. The van der Waals surface area contributed by atoms with Crippen LogP contribution in [-0.2, 0) is 14.3 Å². The fourth-order valence-corrected chi connectivity index (χ4v) is 2.46. The number of hydrogen-bond donors (Lipinski definition) is 1. The number of carbonyl (C=O) groups excluding carboxylic acids is 1. The van der Waals surface area contributed by atoms with E-state index in [2.05, 4.69) is 10.2 Å². The monoisotopic (exact) mass is 256 g/mol. The van der Waals surface area contributed by atoms with Crippen molar-refractivity contribution in [2.45, 2.75) is 43.9 Å². The van der Waals surface area contributed by atoms with Gasteiger partial charge in [0.2, 0.25) is 0 Å². The van der Waals surface area contributed by atoms with Crippen LogP contribution < -0.4 is 5.32 Å². The molecule has 1 saturated carbocycles. The molecule has 0 aromatic rings. The van der Waals surface area contributed by atoms with E-state index < -0.39 is 0 Å². The number of nitrogens with zero attached hydrogens (tertiary/aromatic N) is 1. The Bertz CT molecular complexity index is 273. The third kappa shape index (κ3) is 3.93. The predicted molar refractivity (Wildman–Crippen MR) is 68.4 cm³/mol. The minimum Gasteiger partial charge on any atom is -0.468 e. The molecule has 0 radical (unpaired) electrons. The lowest BCUT2D eigenvalue weighted by Gasteiger charge is -2.33. The third-order valence-corrected chi connectivity index (χ3v) is 3.81. The van der Waals surface area contributed by atoms with Gasteiger partial charge in [-0.2, -0.15) is 0 Å². The molecule has 1 N–H and O–H groups in total. The Morgan fingerprint density at radius 3 is 2.44 bits per heavy atom. The molecule has 2 aliphatic rings. The molecule has 0 amide bonds. The van der Waals surface area contributed by atoms with Gasteiger partial charge >= 0.3 is 5.97 Å². The zero-order chi connectivity index (χ0) is 13.0. The van der Waals surface area contributed by atoms with Crippen LogP contribution in [0.5, 0.6) is 0 Å². The molecule has 5 heteroatoms. The number of likely N-dealkylation sites (tertiary alicyclic amines) is 1. The Hall–Kier alpha value is -0.650. The quantitative estimate of drug-likeness (QED) is 0.697. The van der Waals surface area contributed by atoms with Crippen molar-refractivity contribution in [1.82, 2.24) is 10.2 Å². The maximum atomic E-state index is 11.7. The number of methoxy groups -OCH3 is 2. The summed E-state index contributed by atoms with van der Waals surface area (Å²) in [5, 5.41) is 3.37. The number of rotatable bonds is 6. The van der Waals surface area contributed by atoms with Crippen molar-refractivity contribution in [3.63, 3.8) is 0 Å². The standard InChI is InChI=1S/C13H24N2O3/c1-17-11-5-7-15(8-6-11)9-12(13(16)18-2)14-10-3-4-10/h10-12,14H,3-9H2,1-2H3. The maximum Gasteiger partial charge on any atom is 0.324 e. The average molecular weight is 256 g/mol. The zero-order valence-electron chi connectivity index (χ0n) is 11.4. The molecular formula is C13H24N2O3. The highest BCUT2D eigenvalue weighted by molar-refractivity contribution is 5.76. The van der Waals surface area contributed by atoms with E-state index in [1.54, 1.807) is 7.11 Å². The second-order valence-corrected chi connectivity index (χ2v) is 5.25. The van der Waals surface area contributed by atoms with Crippen LogP contribution in [0.15, 0.2) is 0 Å². The van der Waals surface area contributed by atoms with Crippen molar-refractivity contribution in [2.75, 3.05) is 33.9 Å². The molecule has 1 saturated heterocycles. The van der Waals surface area contributed by atoms with Crippen LogP contribution in [0.2, 0.25) is 0 Å². The van der Waals surface area contributed by atoms with Crippen molar-refractivity contribution in [2.24, 2.45) is 0 Å². The van der Waals surface area contributed by atoms with Gasteiger partial charge in [-0.15, -0.1) is 0 Å². The van der Waals surface area contributed by atoms with Gasteiger partial charge in [-0.1, -0.05) is 0 Å². The fraction of sp³-hybridized carbons (Fsp3) is 0.923. The highest BCUT2D eigenvalue weighted by atomic mass is 16.5. The number of piperidine rings is 1. The molecule has 0 spiro atoms. The van der Waals surface area contributed by atoms with Gasteiger partial charge in [0.25, 0.3) is 0 Å². The lowest BCUT2D eigenvalue weighted by atomic mass is 10.1. The van der Waals surface area contributed by atoms with Gasteiger partial charge in [-0.05, 0) is 25.7 Å². The molecule has 18 heavy (non-hydrogen) atoms. The van der Waals surface area contributed by atoms with Crippen molar-refractivity contribution >= 4 is 5.97 Å². The fourth-order valence-electron chi connectivity index (χ4n) is 2.46. The molecule has 0 bridgehead atoms. The summed E-state index contributed by atoms with van der Waals surface area (Å²) in [4.78, 5) is 14.1. The van der Waals surface area contributed by atoms with E-state index in [1.807, 2.05) is 0 Å². The molecule has 2 fully saturated rings. The summed E-state index contributed by atoms with van der Waals surface area (Å²) in [5.41, 5.74) is 0. The molecule has 0 aromatic carbocycles. The van der Waals surface area contributed by atoms with Crippen molar-refractivity contribution in [3.8, 4) is 0 Å². The maximum absolute atomic E-state index is 11.7. The summed E-state index contributed by atoms with van der Waals surface area (Å²) in [5.74, 6) is -0.143. The van der Waals surface area contributed by atoms with E-state index in [4.69, 9.17) is 9.47 Å². The number of esters is 1. The summed E-state index contributed by atoms with van der Waals surface area (Å²) in [6, 6.07) is 0.340. The Kier molecular flexibility index (Phi) is 4.97. The zero-order valence-corrected chi connectivity index (χ0v) is 11.4. The molecular weight excluding hydrogens is 232 g/mol. The molecule has 1 atom stereocenters. The first-order chi connectivity index (χ1) is 8.72. The van der Waals surface area contributed by atoms with E-state index in [1.165, 1.54) is 20.0 Å². The van der Waals surface area contributed by atoms with Crippen molar-refractivity contribution in [1.29, 1.82) is 0 Å². The molecule has 0 aromatic heterocycles. The summed E-state index contributed by atoms with van der Waals surface area (Å²) in [7, 11) is 3.23. The Labute approximate surface area is 109 Å². The molecule has 1 heterocycles. The van der Waals surface area contributed by atoms with E-state index >= 15 is 0 Å². The topological polar surface area (TPSA) is 50.8 Å². The predicted octanol–water partition coefficient (Wildman–Crippen LogP) is 0.391. The van der Waals surface area contributed by atoms with Crippen LogP contribution in [0, 0.1) is 0 Å². The van der Waals surface area contributed by atoms with Crippen LogP contribution in [0.4, 0.5) is 0 Å². The largest absolute Gasteiger partial charge is 0.468 e. The van der Waals surface area contributed by atoms with Gasteiger partial charge in [-0.3, -0.25) is 4.79 Å². The lowest BCUT2D eigenvalue weighted by Crippen LogP contribution is -2.50. The average Bonchev–Trinajstić information content (AvgIpc) is 3.22. The van der Waals surface area contributed by atoms with Gasteiger partial charge in [0, 0.05) is 32.8 Å². The van der Waals surface area contributed by atoms with E-state index in [0.29, 0.717) is 12.1 Å². The van der Waals surface area contributed by atoms with Gasteiger partial charge < -0.3 is 19.7 Å². The normalized spacial score (nSPS) is 23.9. The minimum atomic E-state index is -0.179. The Balaban J connectivity index is 1.78. The van der Waals surface area contributed by atoms with Crippen molar-refractivity contribution < 1.29 is 14.3 Å². The van der Waals surface area contributed by atoms with Crippen LogP contribution >= 0.6 is 0 Å². The number of hydrogen-bond acceptors (Lipinski definition) is 5. The molecule has 1 aliphatic heterocycles. The van der Waals surface area contributed by atoms with Crippen LogP contribution in [0.1, 0.15) is 25.7 Å². The number of ether oxygens (including phenoxy) is 2. The highest BCUT2D eigenvalue weighted by Crippen LogP contribution is 2.20. The number of nitrogens with one attached hydrogen (secondary N) is 1. The minimum absolute atomic E-state index is 0.143. The van der Waals surface area contributed by atoms with E-state index in [9.17, 15) is 4.79 Å². The smallest absolute Gasteiger partial charge is 0.324 e. The summed E-state index contributed by atoms with van der Waals surface area (Å²) >= 11 is 0. The molecule has 104 valence electrons. The number of carbonyl (C=O) groups is 1. The van der Waals surface area contributed by atoms with Crippen LogP contribution in [0.25, 0.3) is 0 Å². The molecule has 1 unspecified atom stereocenters. The lowest BCUT2D eigenvalue weighted by molar-refractivity contribution is -0.143. The summed E-state index contributed by atoms with van der Waals surface area (Å²) in [6.07, 6.45) is 4.84. The van der Waals surface area contributed by atoms with Gasteiger partial charge in [-0.25, -0.2) is 0 Å². The van der Waals surface area contributed by atoms with Crippen LogP contribution in [-0.4, -0.2) is 62.9 Å². The SMILES string of the molecule is COC(=O)C(CN1CCC(OC)CC1)NC1CC1. The van der Waals surface area contributed by atoms with Gasteiger partial charge in [0.1, 0.15) is 6.04 Å². The Morgan fingerprint density at radius 1 is 1.28 bits per heavy atom. The highest BCUT2D eigenvalue weighted by Gasteiger charge is 2.31. The second kappa shape index (κ2) is 6.50. The van der Waals surface area contributed by atoms with Crippen LogP contribution in [0.3, 0.4) is 0 Å². The summed E-state index contributed by atoms with van der Waals surface area (Å²) < 4.78 is 10.2. The first-order valence-electron chi connectivity index (χ1n) is 6.82. The van der Waals surface area contributed by atoms with Gasteiger partial charge in [0.15, 0.2) is 0 Å². The third-order valence-electron chi connectivity index (χ3n) is 3.81. The molecule has 5 nitrogen and oxygen atoms in total. The van der Waals surface area contributed by atoms with Crippen molar-refractivity contribution in [3.05, 3.63) is 0 Å². The summed E-state index contributed by atoms with van der Waals surface area (Å²) in [6.45, 7) is 2.75. The second-order valence-electron chi connectivity index (χ2n) is 5.25. The first-order valence-corrected chi connectivity index (χ1v) is 6.82. The molecule has 2 rings (SSSR count). The first kappa shape index (κ1) is 13.8. The van der Waals surface area contributed by atoms with E-state index in [-0.39, 0.29) is 12.0 Å². The molecule has 1 aliphatic carbocycles. The van der Waals surface area contributed by atoms with Gasteiger partial charge in [0.05, 0.1) is 13.2 Å².